The largest absolute Gasteiger partial charge is 0.495 e. The number of aldehydes is 1. The Hall–Kier alpha value is -0.580. The van der Waals surface area contributed by atoms with Gasteiger partial charge >= 0.3 is 0 Å². The number of hydrogen-bond donors (Lipinski definition) is 0. The zero-order valence-electron chi connectivity index (χ0n) is 6.00. The van der Waals surface area contributed by atoms with Gasteiger partial charge in [-0.1, -0.05) is 6.07 Å². The summed E-state index contributed by atoms with van der Waals surface area (Å²) in [5.41, 5.74) is 0.597. The molecule has 0 aliphatic heterocycles. The highest BCUT2D eigenvalue weighted by atomic mass is 127. The van der Waals surface area contributed by atoms with E-state index >= 15 is 0 Å². The monoisotopic (exact) mass is 262 g/mol. The molecule has 58 valence electrons. The highest BCUT2D eigenvalue weighted by molar-refractivity contribution is 14.1. The van der Waals surface area contributed by atoms with E-state index in [-0.39, 0.29) is 0 Å². The van der Waals surface area contributed by atoms with Crippen LogP contribution in [-0.2, 0) is 0 Å². The lowest BCUT2D eigenvalue weighted by molar-refractivity contribution is 0.112. The van der Waals surface area contributed by atoms with E-state index in [0.29, 0.717) is 11.3 Å². The highest BCUT2D eigenvalue weighted by Crippen LogP contribution is 2.23. The van der Waals surface area contributed by atoms with Gasteiger partial charge in [-0.25, -0.2) is 0 Å². The molecular formula is C8H7IO2. The molecule has 0 saturated carbocycles. The normalized spacial score (nSPS) is 9.27. The third-order valence-electron chi connectivity index (χ3n) is 1.33. The maximum Gasteiger partial charge on any atom is 0.153 e. The van der Waals surface area contributed by atoms with Crippen LogP contribution in [0.4, 0.5) is 0 Å². The number of ether oxygens (including phenoxy) is 1. The summed E-state index contributed by atoms with van der Waals surface area (Å²) < 4.78 is 5.98. The topological polar surface area (TPSA) is 26.3 Å². The van der Waals surface area contributed by atoms with E-state index in [9.17, 15) is 4.79 Å². The fraction of sp³-hybridized carbons (Fsp3) is 0.125. The standard InChI is InChI=1S/C8H7IO2/c1-11-8-6(5-10)3-2-4-7(8)9/h2-5H,1H3. The predicted molar refractivity (Wildman–Crippen MR) is 51.1 cm³/mol. The first-order valence-electron chi connectivity index (χ1n) is 3.07. The summed E-state index contributed by atoms with van der Waals surface area (Å²) in [5, 5.41) is 0. The summed E-state index contributed by atoms with van der Waals surface area (Å²) in [4.78, 5) is 10.5. The first-order chi connectivity index (χ1) is 5.29. The predicted octanol–water partition coefficient (Wildman–Crippen LogP) is 2.11. The second-order valence-electron chi connectivity index (χ2n) is 1.98. The molecule has 0 amide bonds. The lowest BCUT2D eigenvalue weighted by Gasteiger charge is -2.04. The van der Waals surface area contributed by atoms with Gasteiger partial charge in [-0.05, 0) is 34.7 Å². The summed E-state index contributed by atoms with van der Waals surface area (Å²) in [5.74, 6) is 0.656. The molecule has 0 atom stereocenters. The molecule has 1 rings (SSSR count). The molecule has 0 saturated heterocycles. The van der Waals surface area contributed by atoms with Gasteiger partial charge in [-0.2, -0.15) is 0 Å². The Balaban J connectivity index is 3.23. The molecule has 0 unspecified atom stereocenters. The smallest absolute Gasteiger partial charge is 0.153 e. The first kappa shape index (κ1) is 8.52. The molecule has 3 heteroatoms. The molecule has 0 fully saturated rings. The van der Waals surface area contributed by atoms with Crippen LogP contribution in [0.3, 0.4) is 0 Å². The van der Waals surface area contributed by atoms with Crippen LogP contribution in [0.1, 0.15) is 10.4 Å². The van der Waals surface area contributed by atoms with Gasteiger partial charge < -0.3 is 4.74 Å². The molecule has 0 aromatic heterocycles. The van der Waals surface area contributed by atoms with Crippen molar-refractivity contribution in [3.05, 3.63) is 27.3 Å². The maximum absolute atomic E-state index is 10.5. The summed E-state index contributed by atoms with van der Waals surface area (Å²) >= 11 is 2.13. The van der Waals surface area contributed by atoms with E-state index < -0.39 is 0 Å². The van der Waals surface area contributed by atoms with Gasteiger partial charge in [0.05, 0.1) is 16.2 Å². The number of methoxy groups -OCH3 is 1. The molecule has 0 N–H and O–H groups in total. The fourth-order valence-electron chi connectivity index (χ4n) is 0.834. The lowest BCUT2D eigenvalue weighted by Crippen LogP contribution is -1.92. The van der Waals surface area contributed by atoms with Gasteiger partial charge in [0.1, 0.15) is 5.75 Å². The van der Waals surface area contributed by atoms with E-state index in [1.165, 1.54) is 0 Å². The van der Waals surface area contributed by atoms with Crippen LogP contribution < -0.4 is 4.74 Å². The van der Waals surface area contributed by atoms with E-state index in [0.717, 1.165) is 9.86 Å². The molecule has 1 aromatic carbocycles. The van der Waals surface area contributed by atoms with Crippen LogP contribution in [0.15, 0.2) is 18.2 Å². The highest BCUT2D eigenvalue weighted by Gasteiger charge is 2.03. The van der Waals surface area contributed by atoms with Crippen molar-refractivity contribution in [2.24, 2.45) is 0 Å². The summed E-state index contributed by atoms with van der Waals surface area (Å²) in [6, 6.07) is 5.45. The van der Waals surface area contributed by atoms with Crippen molar-refractivity contribution in [2.45, 2.75) is 0 Å². The molecular weight excluding hydrogens is 255 g/mol. The Morgan fingerprint density at radius 3 is 2.73 bits per heavy atom. The number of carbonyl (C=O) groups excluding carboxylic acids is 1. The van der Waals surface area contributed by atoms with Crippen molar-refractivity contribution in [1.82, 2.24) is 0 Å². The average molecular weight is 262 g/mol. The van der Waals surface area contributed by atoms with Crippen molar-refractivity contribution in [3.63, 3.8) is 0 Å². The number of benzene rings is 1. The molecule has 0 heterocycles. The van der Waals surface area contributed by atoms with Gasteiger partial charge in [-0.3, -0.25) is 4.79 Å². The van der Waals surface area contributed by atoms with Gasteiger partial charge in [0.25, 0.3) is 0 Å². The maximum atomic E-state index is 10.5. The van der Waals surface area contributed by atoms with Gasteiger partial charge in [0.2, 0.25) is 0 Å². The third-order valence-corrected chi connectivity index (χ3v) is 2.18. The summed E-state index contributed by atoms with van der Waals surface area (Å²) in [6.45, 7) is 0. The molecule has 0 spiro atoms. The SMILES string of the molecule is COc1c(I)cccc1C=O. The number of para-hydroxylation sites is 1. The minimum atomic E-state index is 0.597. The minimum Gasteiger partial charge on any atom is -0.495 e. The molecule has 1 aromatic rings. The van der Waals surface area contributed by atoms with E-state index in [2.05, 4.69) is 22.6 Å². The Labute approximate surface area is 78.7 Å². The van der Waals surface area contributed by atoms with Gasteiger partial charge in [0, 0.05) is 0 Å². The molecule has 0 aliphatic rings. The van der Waals surface area contributed by atoms with E-state index in [1.54, 1.807) is 13.2 Å². The number of hydrogen-bond acceptors (Lipinski definition) is 2. The molecule has 0 aliphatic carbocycles. The van der Waals surface area contributed by atoms with Gasteiger partial charge in [-0.15, -0.1) is 0 Å². The van der Waals surface area contributed by atoms with E-state index in [4.69, 9.17) is 4.74 Å². The Morgan fingerprint density at radius 1 is 1.55 bits per heavy atom. The molecule has 0 radical (unpaired) electrons. The number of carbonyl (C=O) groups is 1. The van der Waals surface area contributed by atoms with Crippen LogP contribution in [0, 0.1) is 3.57 Å². The Bertz CT molecular complexity index is 271. The summed E-state index contributed by atoms with van der Waals surface area (Å²) in [7, 11) is 1.56. The van der Waals surface area contributed by atoms with Crippen LogP contribution in [0.25, 0.3) is 0 Å². The minimum absolute atomic E-state index is 0.597. The average Bonchev–Trinajstić information content (AvgIpc) is 2.04. The quantitative estimate of drug-likeness (QED) is 0.602. The van der Waals surface area contributed by atoms with Crippen molar-refractivity contribution < 1.29 is 9.53 Å². The Morgan fingerprint density at radius 2 is 2.27 bits per heavy atom. The third kappa shape index (κ3) is 1.71. The van der Waals surface area contributed by atoms with Crippen molar-refractivity contribution in [1.29, 1.82) is 0 Å². The zero-order chi connectivity index (χ0) is 8.27. The molecule has 11 heavy (non-hydrogen) atoms. The van der Waals surface area contributed by atoms with Crippen molar-refractivity contribution >= 4 is 28.9 Å². The number of rotatable bonds is 2. The second kappa shape index (κ2) is 3.71. The number of halogens is 1. The van der Waals surface area contributed by atoms with Crippen molar-refractivity contribution in [3.8, 4) is 5.75 Å². The molecule has 0 bridgehead atoms. The van der Waals surface area contributed by atoms with E-state index in [1.807, 2.05) is 12.1 Å². The second-order valence-corrected chi connectivity index (χ2v) is 3.14. The van der Waals surface area contributed by atoms with Gasteiger partial charge in [0.15, 0.2) is 6.29 Å². The molecule has 2 nitrogen and oxygen atoms in total. The van der Waals surface area contributed by atoms with Crippen LogP contribution in [0.5, 0.6) is 5.75 Å². The Kier molecular flexibility index (Phi) is 2.87. The van der Waals surface area contributed by atoms with Crippen LogP contribution in [-0.4, -0.2) is 13.4 Å². The van der Waals surface area contributed by atoms with Crippen LogP contribution >= 0.6 is 22.6 Å². The zero-order valence-corrected chi connectivity index (χ0v) is 8.16. The fourth-order valence-corrected chi connectivity index (χ4v) is 1.57. The van der Waals surface area contributed by atoms with Crippen LogP contribution in [0.2, 0.25) is 0 Å². The lowest BCUT2D eigenvalue weighted by atomic mass is 10.2. The summed E-state index contributed by atoms with van der Waals surface area (Å²) in [6.07, 6.45) is 0.793. The van der Waals surface area contributed by atoms with Crippen molar-refractivity contribution in [2.75, 3.05) is 7.11 Å². The first-order valence-corrected chi connectivity index (χ1v) is 4.15.